The smallest absolute Gasteiger partial charge is 0.169 e. The van der Waals surface area contributed by atoms with Crippen molar-refractivity contribution in [3.8, 4) is 11.1 Å². The zero-order valence-corrected chi connectivity index (χ0v) is 18.9. The van der Waals surface area contributed by atoms with E-state index in [4.69, 9.17) is 9.72 Å². The molecule has 1 fully saturated rings. The average molecular weight is 453 g/mol. The molecule has 5 rings (SSSR count). The van der Waals surface area contributed by atoms with E-state index in [9.17, 15) is 8.60 Å². The molecule has 166 valence electrons. The lowest BCUT2D eigenvalue weighted by Crippen LogP contribution is -2.16. The van der Waals surface area contributed by atoms with Crippen LogP contribution in [0, 0.1) is 5.82 Å². The molecular formula is C24H25FN4O2S. The summed E-state index contributed by atoms with van der Waals surface area (Å²) >= 11 is 0. The van der Waals surface area contributed by atoms with E-state index in [0.29, 0.717) is 24.8 Å². The van der Waals surface area contributed by atoms with Crippen LogP contribution in [0.1, 0.15) is 31.4 Å². The highest BCUT2D eigenvalue weighted by molar-refractivity contribution is 7.93. The third kappa shape index (κ3) is 3.89. The van der Waals surface area contributed by atoms with Crippen LogP contribution in [-0.2, 0) is 14.5 Å². The Hall–Kier alpha value is -2.84. The van der Waals surface area contributed by atoms with Gasteiger partial charge in [-0.1, -0.05) is 19.1 Å². The second-order valence-corrected chi connectivity index (χ2v) is 11.0. The lowest BCUT2D eigenvalue weighted by atomic mass is 9.87. The fourth-order valence-corrected chi connectivity index (χ4v) is 4.89. The van der Waals surface area contributed by atoms with E-state index >= 15 is 0 Å². The molecule has 2 aromatic carbocycles. The fraction of sp³-hybridized carbons (Fsp3) is 0.333. The van der Waals surface area contributed by atoms with Crippen LogP contribution in [-0.4, -0.2) is 44.6 Å². The molecule has 0 amide bonds. The van der Waals surface area contributed by atoms with Crippen LogP contribution >= 0.6 is 0 Å². The number of fused-ring (bicyclic) bond motifs is 2. The second kappa shape index (κ2) is 8.26. The van der Waals surface area contributed by atoms with Crippen LogP contribution < -0.4 is 0 Å². The summed E-state index contributed by atoms with van der Waals surface area (Å²) in [4.78, 5) is 5.02. The molecule has 1 aliphatic rings. The molecule has 0 spiro atoms. The first-order valence-electron chi connectivity index (χ1n) is 10.8. The highest BCUT2D eigenvalue weighted by atomic mass is 32.2. The number of nitrogens with zero attached hydrogens (tertiary/aromatic N) is 3. The number of aromatic nitrogens is 3. The first-order chi connectivity index (χ1) is 15.4. The molecule has 6 nitrogen and oxygen atoms in total. The largest absolute Gasteiger partial charge is 0.381 e. The van der Waals surface area contributed by atoms with Crippen LogP contribution in [0.2, 0.25) is 0 Å². The van der Waals surface area contributed by atoms with Gasteiger partial charge in [0.15, 0.2) is 5.82 Å². The number of nitrogens with one attached hydrogen (secondary N) is 1. The average Bonchev–Trinajstić information content (AvgIpc) is 3.26. The van der Waals surface area contributed by atoms with Crippen molar-refractivity contribution in [1.29, 1.82) is 0 Å². The van der Waals surface area contributed by atoms with Gasteiger partial charge < -0.3 is 4.74 Å². The van der Waals surface area contributed by atoms with Gasteiger partial charge in [-0.25, -0.2) is 13.6 Å². The van der Waals surface area contributed by atoms with Crippen molar-refractivity contribution >= 4 is 37.2 Å². The number of hydrogen-bond donors (Lipinski definition) is 1. The number of benzene rings is 2. The lowest BCUT2D eigenvalue weighted by molar-refractivity contribution is 0.0847. The van der Waals surface area contributed by atoms with Crippen LogP contribution in [0.4, 0.5) is 10.2 Å². The predicted molar refractivity (Wildman–Crippen MR) is 126 cm³/mol. The summed E-state index contributed by atoms with van der Waals surface area (Å²) in [5, 5.41) is 9.89. The van der Waals surface area contributed by atoms with Gasteiger partial charge in [0, 0.05) is 47.5 Å². The zero-order valence-electron chi connectivity index (χ0n) is 18.1. The van der Waals surface area contributed by atoms with Crippen molar-refractivity contribution in [1.82, 2.24) is 15.2 Å². The number of halogens is 1. The Morgan fingerprint density at radius 1 is 1.19 bits per heavy atom. The predicted octanol–water partition coefficient (Wildman–Crippen LogP) is 5.56. The number of pyridine rings is 1. The molecule has 8 heteroatoms. The van der Waals surface area contributed by atoms with Gasteiger partial charge in [-0.2, -0.15) is 9.46 Å². The molecule has 1 saturated heterocycles. The summed E-state index contributed by atoms with van der Waals surface area (Å²) in [6.07, 6.45) is 5.13. The van der Waals surface area contributed by atoms with Crippen LogP contribution in [0.15, 0.2) is 47.0 Å². The molecular weight excluding hydrogens is 427 g/mol. The van der Waals surface area contributed by atoms with Crippen molar-refractivity contribution in [3.05, 3.63) is 54.1 Å². The minimum absolute atomic E-state index is 0.178. The standard InChI is InChI=1S/C24H25FN4O2S/c1-3-32(2,30)29-24-20-13-21-17(14-26-28-21)12-19(20)22(15-4-6-18(25)7-5-15)23(27-24)16-8-10-31-11-9-16/h4-7,12-14,16H,3,8-11H2,1-2H3,(H,26,28). The monoisotopic (exact) mass is 452 g/mol. The Labute approximate surface area is 186 Å². The molecule has 32 heavy (non-hydrogen) atoms. The van der Waals surface area contributed by atoms with Gasteiger partial charge in [0.2, 0.25) is 0 Å². The third-order valence-corrected chi connectivity index (χ3v) is 7.76. The molecule has 3 heterocycles. The van der Waals surface area contributed by atoms with Gasteiger partial charge >= 0.3 is 0 Å². The SMILES string of the molecule is CCS(C)(=O)=Nc1nc(C2CCOCC2)c(-c2ccc(F)cc2)c2cc3cn[nH]c3cc12. The van der Waals surface area contributed by atoms with E-state index in [2.05, 4.69) is 20.6 Å². The fourth-order valence-electron chi connectivity index (χ4n) is 4.25. The van der Waals surface area contributed by atoms with Crippen LogP contribution in [0.5, 0.6) is 0 Å². The number of hydrogen-bond acceptors (Lipinski definition) is 5. The van der Waals surface area contributed by atoms with Gasteiger partial charge in [0.05, 0.1) is 27.1 Å². The maximum atomic E-state index is 13.7. The number of H-pyrrole nitrogens is 1. The number of rotatable bonds is 4. The van der Waals surface area contributed by atoms with Crippen molar-refractivity contribution < 1.29 is 13.3 Å². The van der Waals surface area contributed by atoms with E-state index in [1.165, 1.54) is 12.1 Å². The van der Waals surface area contributed by atoms with Crippen LogP contribution in [0.3, 0.4) is 0 Å². The van der Waals surface area contributed by atoms with Gasteiger partial charge in [-0.3, -0.25) is 5.10 Å². The van der Waals surface area contributed by atoms with E-state index in [-0.39, 0.29) is 11.7 Å². The Morgan fingerprint density at radius 3 is 2.66 bits per heavy atom. The highest BCUT2D eigenvalue weighted by Crippen LogP contribution is 2.42. The topological polar surface area (TPSA) is 80.2 Å². The van der Waals surface area contributed by atoms with Crippen molar-refractivity contribution in [2.75, 3.05) is 25.2 Å². The summed E-state index contributed by atoms with van der Waals surface area (Å²) in [5.41, 5.74) is 3.62. The Bertz CT molecular complexity index is 1420. The minimum atomic E-state index is -2.42. The number of ether oxygens (including phenoxy) is 1. The summed E-state index contributed by atoms with van der Waals surface area (Å²) < 4.78 is 36.9. The van der Waals surface area contributed by atoms with Gasteiger partial charge in [-0.15, -0.1) is 0 Å². The lowest BCUT2D eigenvalue weighted by Gasteiger charge is -2.25. The first-order valence-corrected chi connectivity index (χ1v) is 12.9. The summed E-state index contributed by atoms with van der Waals surface area (Å²) in [6, 6.07) is 10.6. The molecule has 2 aromatic heterocycles. The molecule has 4 aromatic rings. The quantitative estimate of drug-likeness (QED) is 0.440. The van der Waals surface area contributed by atoms with Gasteiger partial charge in [-0.05, 0) is 48.1 Å². The van der Waals surface area contributed by atoms with Gasteiger partial charge in [0.25, 0.3) is 0 Å². The first kappa shape index (κ1) is 21.0. The summed E-state index contributed by atoms with van der Waals surface area (Å²) in [5.74, 6) is 0.820. The normalized spacial score (nSPS) is 17.0. The minimum Gasteiger partial charge on any atom is -0.381 e. The van der Waals surface area contributed by atoms with E-state index < -0.39 is 9.73 Å². The molecule has 0 radical (unpaired) electrons. The summed E-state index contributed by atoms with van der Waals surface area (Å²) in [7, 11) is -2.42. The molecule has 0 bridgehead atoms. The maximum Gasteiger partial charge on any atom is 0.169 e. The van der Waals surface area contributed by atoms with Crippen molar-refractivity contribution in [2.24, 2.45) is 4.36 Å². The molecule has 0 aliphatic carbocycles. The molecule has 1 atom stereocenters. The second-order valence-electron chi connectivity index (χ2n) is 8.28. The highest BCUT2D eigenvalue weighted by Gasteiger charge is 2.25. The maximum absolute atomic E-state index is 13.7. The van der Waals surface area contributed by atoms with E-state index in [0.717, 1.165) is 51.3 Å². The van der Waals surface area contributed by atoms with Crippen LogP contribution in [0.25, 0.3) is 32.8 Å². The molecule has 1 N–H and O–H groups in total. The third-order valence-electron chi connectivity index (χ3n) is 6.13. The van der Waals surface area contributed by atoms with Crippen molar-refractivity contribution in [2.45, 2.75) is 25.7 Å². The number of aromatic amines is 1. The molecule has 0 saturated carbocycles. The van der Waals surface area contributed by atoms with E-state index in [1.807, 2.05) is 13.0 Å². The molecule has 1 aliphatic heterocycles. The van der Waals surface area contributed by atoms with Crippen molar-refractivity contribution in [3.63, 3.8) is 0 Å². The summed E-state index contributed by atoms with van der Waals surface area (Å²) in [6.45, 7) is 3.20. The Kier molecular flexibility index (Phi) is 5.43. The molecule has 1 unspecified atom stereocenters. The Morgan fingerprint density at radius 2 is 1.94 bits per heavy atom. The Balaban J connectivity index is 1.90. The zero-order chi connectivity index (χ0) is 22.3. The van der Waals surface area contributed by atoms with E-state index in [1.54, 1.807) is 24.6 Å². The van der Waals surface area contributed by atoms with Gasteiger partial charge in [0.1, 0.15) is 5.82 Å².